The van der Waals surface area contributed by atoms with Crippen LogP contribution in [-0.2, 0) is 19.0 Å². The van der Waals surface area contributed by atoms with Crippen molar-refractivity contribution in [3.05, 3.63) is 0 Å². The van der Waals surface area contributed by atoms with Gasteiger partial charge in [-0.3, -0.25) is 4.79 Å². The van der Waals surface area contributed by atoms with Crippen molar-refractivity contribution < 1.29 is 24.1 Å². The van der Waals surface area contributed by atoms with Gasteiger partial charge in [-0.1, -0.05) is 0 Å². The molecule has 0 atom stereocenters. The molecule has 0 unspecified atom stereocenters. The van der Waals surface area contributed by atoms with Crippen molar-refractivity contribution in [3.8, 4) is 0 Å². The lowest BCUT2D eigenvalue weighted by Crippen LogP contribution is -2.12. The Kier molecular flexibility index (Phi) is 8.97. The molecule has 0 amide bonds. The van der Waals surface area contributed by atoms with Gasteiger partial charge in [0.1, 0.15) is 6.61 Å². The summed E-state index contributed by atoms with van der Waals surface area (Å²) >= 11 is 0. The monoisotopic (exact) mass is 192 g/mol. The molecule has 0 bridgehead atoms. The third-order valence-electron chi connectivity index (χ3n) is 1.14. The molecule has 0 heterocycles. The predicted octanol–water partition coefficient (Wildman–Crippen LogP) is -0.425. The van der Waals surface area contributed by atoms with Gasteiger partial charge in [0.15, 0.2) is 0 Å². The molecule has 0 saturated carbocycles. The van der Waals surface area contributed by atoms with Crippen LogP contribution in [0.1, 0.15) is 6.92 Å². The lowest BCUT2D eigenvalue weighted by atomic mass is 10.7. The molecule has 0 aliphatic heterocycles. The van der Waals surface area contributed by atoms with E-state index in [1.165, 1.54) is 6.92 Å². The number of hydrogen-bond acceptors (Lipinski definition) is 5. The number of ether oxygens (including phenoxy) is 3. The Balaban J connectivity index is 2.87. The largest absolute Gasteiger partial charge is 0.463 e. The van der Waals surface area contributed by atoms with E-state index in [4.69, 9.17) is 14.6 Å². The van der Waals surface area contributed by atoms with Gasteiger partial charge in [-0.15, -0.1) is 0 Å². The van der Waals surface area contributed by atoms with Crippen LogP contribution in [0.3, 0.4) is 0 Å². The summed E-state index contributed by atoms with van der Waals surface area (Å²) in [6.07, 6.45) is 0. The Labute approximate surface area is 77.6 Å². The van der Waals surface area contributed by atoms with Gasteiger partial charge in [0.05, 0.1) is 33.0 Å². The maximum atomic E-state index is 10.3. The summed E-state index contributed by atoms with van der Waals surface area (Å²) in [4.78, 5) is 10.3. The number of carbonyl (C=O) groups is 1. The fraction of sp³-hybridized carbons (Fsp3) is 0.875. The zero-order chi connectivity index (χ0) is 9.94. The quantitative estimate of drug-likeness (QED) is 0.418. The molecule has 5 heteroatoms. The van der Waals surface area contributed by atoms with E-state index in [9.17, 15) is 4.79 Å². The smallest absolute Gasteiger partial charge is 0.302 e. The minimum Gasteiger partial charge on any atom is -0.463 e. The Hall–Kier alpha value is -0.650. The zero-order valence-corrected chi connectivity index (χ0v) is 7.82. The molecule has 0 spiro atoms. The van der Waals surface area contributed by atoms with E-state index in [1.54, 1.807) is 0 Å². The number of hydrogen-bond donors (Lipinski definition) is 1. The first kappa shape index (κ1) is 12.3. The number of aliphatic hydroxyl groups excluding tert-OH is 1. The van der Waals surface area contributed by atoms with Crippen molar-refractivity contribution >= 4 is 5.97 Å². The molecule has 0 aromatic heterocycles. The molecule has 78 valence electrons. The fourth-order valence-corrected chi connectivity index (χ4v) is 0.631. The van der Waals surface area contributed by atoms with Crippen LogP contribution in [-0.4, -0.2) is 50.7 Å². The Morgan fingerprint density at radius 3 is 2.15 bits per heavy atom. The lowest BCUT2D eigenvalue weighted by molar-refractivity contribution is -0.142. The summed E-state index contributed by atoms with van der Waals surface area (Å²) in [5, 5.41) is 8.34. The first-order valence-corrected chi connectivity index (χ1v) is 4.17. The molecule has 1 N–H and O–H groups in total. The van der Waals surface area contributed by atoms with E-state index >= 15 is 0 Å². The summed E-state index contributed by atoms with van der Waals surface area (Å²) < 4.78 is 14.6. The minimum atomic E-state index is -0.305. The second-order valence-corrected chi connectivity index (χ2v) is 2.29. The van der Waals surface area contributed by atoms with Gasteiger partial charge in [-0.2, -0.15) is 0 Å². The predicted molar refractivity (Wildman–Crippen MR) is 45.4 cm³/mol. The molecular formula is C8H16O5. The average Bonchev–Trinajstić information content (AvgIpc) is 2.09. The van der Waals surface area contributed by atoms with Crippen molar-refractivity contribution in [1.82, 2.24) is 0 Å². The highest BCUT2D eigenvalue weighted by atomic mass is 16.6. The van der Waals surface area contributed by atoms with Crippen LogP contribution < -0.4 is 0 Å². The molecule has 0 aromatic carbocycles. The van der Waals surface area contributed by atoms with Crippen LogP contribution in [0, 0.1) is 0 Å². The van der Waals surface area contributed by atoms with E-state index in [0.29, 0.717) is 26.4 Å². The topological polar surface area (TPSA) is 65.0 Å². The van der Waals surface area contributed by atoms with E-state index < -0.39 is 0 Å². The number of carbonyl (C=O) groups excluding carboxylic acids is 1. The molecule has 0 radical (unpaired) electrons. The molecule has 0 aromatic rings. The molecule has 5 nitrogen and oxygen atoms in total. The van der Waals surface area contributed by atoms with Crippen LogP contribution in [0.15, 0.2) is 0 Å². The maximum absolute atomic E-state index is 10.3. The van der Waals surface area contributed by atoms with Crippen molar-refractivity contribution in [2.45, 2.75) is 6.92 Å². The van der Waals surface area contributed by atoms with E-state index in [-0.39, 0.29) is 19.2 Å². The Bertz CT molecular complexity index is 126. The van der Waals surface area contributed by atoms with E-state index in [2.05, 4.69) is 4.74 Å². The van der Waals surface area contributed by atoms with Crippen molar-refractivity contribution in [3.63, 3.8) is 0 Å². The van der Waals surface area contributed by atoms with Gasteiger partial charge in [0.25, 0.3) is 0 Å². The molecule has 0 aliphatic carbocycles. The average molecular weight is 192 g/mol. The molecular weight excluding hydrogens is 176 g/mol. The molecule has 0 saturated heterocycles. The van der Waals surface area contributed by atoms with Gasteiger partial charge in [0, 0.05) is 6.92 Å². The standard InChI is InChI=1S/C8H16O5/c1-8(10)13-7-6-12-5-4-11-3-2-9/h9H,2-7H2,1H3. The number of aliphatic hydroxyl groups is 1. The number of esters is 1. The highest BCUT2D eigenvalue weighted by Gasteiger charge is 1.92. The van der Waals surface area contributed by atoms with Crippen molar-refractivity contribution in [2.75, 3.05) is 39.6 Å². The highest BCUT2D eigenvalue weighted by molar-refractivity contribution is 5.65. The molecule has 0 fully saturated rings. The highest BCUT2D eigenvalue weighted by Crippen LogP contribution is 1.81. The summed E-state index contributed by atoms with van der Waals surface area (Å²) in [5.74, 6) is -0.305. The van der Waals surface area contributed by atoms with Crippen LogP contribution in [0.4, 0.5) is 0 Å². The first-order chi connectivity index (χ1) is 6.27. The second kappa shape index (κ2) is 9.44. The minimum absolute atomic E-state index is 0.0213. The summed E-state index contributed by atoms with van der Waals surface area (Å²) in [6, 6.07) is 0. The fourth-order valence-electron chi connectivity index (χ4n) is 0.631. The second-order valence-electron chi connectivity index (χ2n) is 2.29. The molecule has 0 rings (SSSR count). The maximum Gasteiger partial charge on any atom is 0.302 e. The van der Waals surface area contributed by atoms with Gasteiger partial charge in [0.2, 0.25) is 0 Å². The van der Waals surface area contributed by atoms with Gasteiger partial charge in [-0.25, -0.2) is 0 Å². The SMILES string of the molecule is CC(=O)OCCOCCOCCO. The normalized spacial score (nSPS) is 10.0. The van der Waals surface area contributed by atoms with Gasteiger partial charge >= 0.3 is 5.97 Å². The summed E-state index contributed by atoms with van der Waals surface area (Å²) in [6.45, 7) is 3.24. The van der Waals surface area contributed by atoms with Crippen molar-refractivity contribution in [2.24, 2.45) is 0 Å². The van der Waals surface area contributed by atoms with E-state index in [1.807, 2.05) is 0 Å². The van der Waals surface area contributed by atoms with Crippen molar-refractivity contribution in [1.29, 1.82) is 0 Å². The number of rotatable bonds is 8. The summed E-state index contributed by atoms with van der Waals surface area (Å²) in [5.41, 5.74) is 0. The zero-order valence-electron chi connectivity index (χ0n) is 7.82. The third kappa shape index (κ3) is 11.3. The van der Waals surface area contributed by atoms with Crippen LogP contribution >= 0.6 is 0 Å². The van der Waals surface area contributed by atoms with Crippen LogP contribution in [0.5, 0.6) is 0 Å². The Morgan fingerprint density at radius 2 is 1.62 bits per heavy atom. The lowest BCUT2D eigenvalue weighted by Gasteiger charge is -2.04. The molecule has 0 aliphatic rings. The Morgan fingerprint density at radius 1 is 1.08 bits per heavy atom. The van der Waals surface area contributed by atoms with Gasteiger partial charge in [-0.05, 0) is 0 Å². The van der Waals surface area contributed by atoms with Crippen LogP contribution in [0.2, 0.25) is 0 Å². The summed E-state index contributed by atoms with van der Waals surface area (Å²) in [7, 11) is 0. The molecule has 13 heavy (non-hydrogen) atoms. The first-order valence-electron chi connectivity index (χ1n) is 4.17. The third-order valence-corrected chi connectivity index (χ3v) is 1.14. The van der Waals surface area contributed by atoms with E-state index in [0.717, 1.165) is 0 Å². The van der Waals surface area contributed by atoms with Crippen LogP contribution in [0.25, 0.3) is 0 Å². The van der Waals surface area contributed by atoms with Gasteiger partial charge < -0.3 is 19.3 Å².